The van der Waals surface area contributed by atoms with Crippen molar-refractivity contribution >= 4 is 17.4 Å². The average Bonchev–Trinajstić information content (AvgIpc) is 3.05. The summed E-state index contributed by atoms with van der Waals surface area (Å²) in [5, 5.41) is 0.330. The molecule has 1 fully saturated rings. The zero-order valence-corrected chi connectivity index (χ0v) is 10.4. The molecule has 1 aromatic rings. The number of Topliss-reactive ketones (excluding diaryl/α,β-unsaturated/α-hetero) is 1. The van der Waals surface area contributed by atoms with E-state index in [-0.39, 0.29) is 18.1 Å². The van der Waals surface area contributed by atoms with Crippen molar-refractivity contribution in [3.63, 3.8) is 0 Å². The molecule has 1 saturated carbocycles. The summed E-state index contributed by atoms with van der Waals surface area (Å²) in [5.74, 6) is -0.302. The van der Waals surface area contributed by atoms with Crippen molar-refractivity contribution in [2.45, 2.75) is 31.7 Å². The first kappa shape index (κ1) is 12.5. The Balaban J connectivity index is 2.12. The molecule has 0 radical (unpaired) electrons. The van der Waals surface area contributed by atoms with E-state index in [4.69, 9.17) is 17.3 Å². The summed E-state index contributed by atoms with van der Waals surface area (Å²) in [5.41, 5.74) is 5.53. The maximum absolute atomic E-state index is 13.5. The molecule has 92 valence electrons. The van der Waals surface area contributed by atoms with E-state index >= 15 is 0 Å². The zero-order chi connectivity index (χ0) is 12.6. The third-order valence-corrected chi connectivity index (χ3v) is 3.63. The Kier molecular flexibility index (Phi) is 3.23. The van der Waals surface area contributed by atoms with Crippen molar-refractivity contribution in [2.75, 3.05) is 0 Å². The third-order valence-electron chi connectivity index (χ3n) is 3.39. The molecule has 2 N–H and O–H groups in total. The predicted molar refractivity (Wildman–Crippen MR) is 65.4 cm³/mol. The molecule has 0 amide bonds. The van der Waals surface area contributed by atoms with Crippen molar-refractivity contribution in [1.82, 2.24) is 0 Å². The van der Waals surface area contributed by atoms with E-state index < -0.39 is 11.4 Å². The highest BCUT2D eigenvalue weighted by atomic mass is 35.5. The predicted octanol–water partition coefficient (Wildman–Crippen LogP) is 2.72. The summed E-state index contributed by atoms with van der Waals surface area (Å²) in [4.78, 5) is 12.0. The fourth-order valence-corrected chi connectivity index (χ4v) is 2.10. The summed E-state index contributed by atoms with van der Waals surface area (Å²) in [6.07, 6.45) is 2.01. The maximum atomic E-state index is 13.5. The number of hydrogen-bond acceptors (Lipinski definition) is 2. The SMILES string of the molecule is CC(N)(C(=O)Cc1ccc(Cl)cc1F)C1CC1. The second-order valence-electron chi connectivity index (χ2n) is 4.89. The molecular formula is C13H15ClFNO. The lowest BCUT2D eigenvalue weighted by molar-refractivity contribution is -0.123. The minimum Gasteiger partial charge on any atom is -0.319 e. The van der Waals surface area contributed by atoms with Crippen LogP contribution in [0.15, 0.2) is 18.2 Å². The molecule has 0 aromatic heterocycles. The van der Waals surface area contributed by atoms with Crippen molar-refractivity contribution in [2.24, 2.45) is 11.7 Å². The summed E-state index contributed by atoms with van der Waals surface area (Å²) >= 11 is 5.65. The maximum Gasteiger partial charge on any atom is 0.157 e. The molecule has 1 unspecified atom stereocenters. The minimum absolute atomic E-state index is 0.0342. The Morgan fingerprint density at radius 1 is 1.59 bits per heavy atom. The van der Waals surface area contributed by atoms with Crippen LogP contribution in [-0.2, 0) is 11.2 Å². The van der Waals surface area contributed by atoms with Gasteiger partial charge in [-0.3, -0.25) is 4.79 Å². The Morgan fingerprint density at radius 3 is 2.76 bits per heavy atom. The van der Waals surface area contributed by atoms with Crippen LogP contribution in [0.4, 0.5) is 4.39 Å². The fourth-order valence-electron chi connectivity index (χ4n) is 1.94. The Labute approximate surface area is 105 Å². The molecule has 1 aromatic carbocycles. The summed E-state index contributed by atoms with van der Waals surface area (Å²) in [6.45, 7) is 1.74. The van der Waals surface area contributed by atoms with Crippen LogP contribution in [0.2, 0.25) is 5.02 Å². The van der Waals surface area contributed by atoms with E-state index in [0.717, 1.165) is 12.8 Å². The molecule has 1 atom stereocenters. The molecule has 0 saturated heterocycles. The van der Waals surface area contributed by atoms with Gasteiger partial charge in [0.15, 0.2) is 5.78 Å². The zero-order valence-electron chi connectivity index (χ0n) is 9.67. The summed E-state index contributed by atoms with van der Waals surface area (Å²) in [6, 6.07) is 4.34. The topological polar surface area (TPSA) is 43.1 Å². The smallest absolute Gasteiger partial charge is 0.157 e. The van der Waals surface area contributed by atoms with Crippen LogP contribution in [0, 0.1) is 11.7 Å². The standard InChI is InChI=1S/C13H15ClFNO/c1-13(16,9-3-4-9)12(17)6-8-2-5-10(14)7-11(8)15/h2,5,7,9H,3-4,6,16H2,1H3. The number of nitrogens with two attached hydrogens (primary N) is 1. The molecule has 0 bridgehead atoms. The molecular weight excluding hydrogens is 241 g/mol. The highest BCUT2D eigenvalue weighted by Crippen LogP contribution is 2.39. The number of carbonyl (C=O) groups excluding carboxylic acids is 1. The van der Waals surface area contributed by atoms with Crippen LogP contribution in [0.5, 0.6) is 0 Å². The number of halogens is 2. The number of carbonyl (C=O) groups is 1. The van der Waals surface area contributed by atoms with Crippen LogP contribution in [0.25, 0.3) is 0 Å². The third kappa shape index (κ3) is 2.67. The van der Waals surface area contributed by atoms with Gasteiger partial charge in [-0.2, -0.15) is 0 Å². The quantitative estimate of drug-likeness (QED) is 0.899. The lowest BCUT2D eigenvalue weighted by Gasteiger charge is -2.22. The molecule has 0 spiro atoms. The highest BCUT2D eigenvalue weighted by molar-refractivity contribution is 6.30. The van der Waals surface area contributed by atoms with Gasteiger partial charge in [0.1, 0.15) is 5.82 Å². The van der Waals surface area contributed by atoms with Crippen LogP contribution < -0.4 is 5.73 Å². The van der Waals surface area contributed by atoms with Gasteiger partial charge >= 0.3 is 0 Å². The summed E-state index contributed by atoms with van der Waals surface area (Å²) in [7, 11) is 0. The summed E-state index contributed by atoms with van der Waals surface area (Å²) < 4.78 is 13.5. The van der Waals surface area contributed by atoms with E-state index in [1.165, 1.54) is 6.07 Å². The van der Waals surface area contributed by atoms with Crippen LogP contribution in [0.3, 0.4) is 0 Å². The number of rotatable bonds is 4. The van der Waals surface area contributed by atoms with Gasteiger partial charge in [-0.05, 0) is 43.4 Å². The van der Waals surface area contributed by atoms with Gasteiger partial charge in [0, 0.05) is 11.4 Å². The van der Waals surface area contributed by atoms with E-state index in [1.807, 2.05) is 0 Å². The largest absolute Gasteiger partial charge is 0.319 e. The first-order chi connectivity index (χ1) is 7.91. The fraction of sp³-hybridized carbons (Fsp3) is 0.462. The molecule has 2 nitrogen and oxygen atoms in total. The van der Waals surface area contributed by atoms with E-state index in [0.29, 0.717) is 10.6 Å². The van der Waals surface area contributed by atoms with Crippen LogP contribution in [-0.4, -0.2) is 11.3 Å². The number of ketones is 1. The number of benzene rings is 1. The van der Waals surface area contributed by atoms with Gasteiger partial charge < -0.3 is 5.73 Å². The van der Waals surface area contributed by atoms with Gasteiger partial charge in [-0.1, -0.05) is 17.7 Å². The first-order valence-corrected chi connectivity index (χ1v) is 6.05. The van der Waals surface area contributed by atoms with Crippen molar-refractivity contribution in [1.29, 1.82) is 0 Å². The first-order valence-electron chi connectivity index (χ1n) is 5.67. The normalized spacial score (nSPS) is 18.8. The van der Waals surface area contributed by atoms with E-state index in [2.05, 4.69) is 0 Å². The van der Waals surface area contributed by atoms with Crippen molar-refractivity contribution < 1.29 is 9.18 Å². The van der Waals surface area contributed by atoms with Gasteiger partial charge in [0.2, 0.25) is 0 Å². The Hall–Kier alpha value is -0.930. The van der Waals surface area contributed by atoms with Crippen LogP contribution >= 0.6 is 11.6 Å². The Bertz CT molecular complexity index is 455. The van der Waals surface area contributed by atoms with Crippen LogP contribution in [0.1, 0.15) is 25.3 Å². The van der Waals surface area contributed by atoms with Crippen molar-refractivity contribution in [3.8, 4) is 0 Å². The average molecular weight is 256 g/mol. The molecule has 1 aliphatic carbocycles. The monoisotopic (exact) mass is 255 g/mol. The second kappa shape index (κ2) is 4.39. The Morgan fingerprint density at radius 2 is 2.24 bits per heavy atom. The molecule has 17 heavy (non-hydrogen) atoms. The van der Waals surface area contributed by atoms with Gasteiger partial charge in [0.25, 0.3) is 0 Å². The number of hydrogen-bond donors (Lipinski definition) is 1. The highest BCUT2D eigenvalue weighted by Gasteiger charge is 2.43. The molecule has 1 aliphatic rings. The van der Waals surface area contributed by atoms with E-state index in [1.54, 1.807) is 19.1 Å². The van der Waals surface area contributed by atoms with Crippen molar-refractivity contribution in [3.05, 3.63) is 34.6 Å². The lowest BCUT2D eigenvalue weighted by Crippen LogP contribution is -2.48. The van der Waals surface area contributed by atoms with E-state index in [9.17, 15) is 9.18 Å². The molecule has 4 heteroatoms. The minimum atomic E-state index is -0.827. The molecule has 2 rings (SSSR count). The molecule has 0 heterocycles. The lowest BCUT2D eigenvalue weighted by atomic mass is 9.88. The van der Waals surface area contributed by atoms with Gasteiger partial charge in [0.05, 0.1) is 5.54 Å². The second-order valence-corrected chi connectivity index (χ2v) is 5.33. The van der Waals surface area contributed by atoms with Gasteiger partial charge in [-0.25, -0.2) is 4.39 Å². The molecule has 0 aliphatic heterocycles. The van der Waals surface area contributed by atoms with Gasteiger partial charge in [-0.15, -0.1) is 0 Å².